The van der Waals surface area contributed by atoms with Gasteiger partial charge in [-0.1, -0.05) is 0 Å². The fourth-order valence-electron chi connectivity index (χ4n) is 1.08. The quantitative estimate of drug-likeness (QED) is 0.808. The van der Waals surface area contributed by atoms with Crippen LogP contribution in [0.3, 0.4) is 0 Å². The highest BCUT2D eigenvalue weighted by Gasteiger charge is 2.13. The van der Waals surface area contributed by atoms with E-state index in [9.17, 15) is 0 Å². The fraction of sp³-hybridized carbons (Fsp3) is 0.111. The second-order valence-corrected chi connectivity index (χ2v) is 2.51. The van der Waals surface area contributed by atoms with Gasteiger partial charge in [0, 0.05) is 0 Å². The van der Waals surface area contributed by atoms with Crippen LogP contribution >= 0.6 is 12.4 Å². The van der Waals surface area contributed by atoms with Crippen molar-refractivity contribution in [3.8, 4) is 0 Å². The summed E-state index contributed by atoms with van der Waals surface area (Å²) in [6, 6.07) is 6.96. The third-order valence-corrected chi connectivity index (χ3v) is 1.70. The summed E-state index contributed by atoms with van der Waals surface area (Å²) in [6.07, 6.45) is 3.19. The molecule has 0 aliphatic rings. The van der Waals surface area contributed by atoms with Crippen LogP contribution in [0.25, 0.3) is 0 Å². The molecule has 0 atom stereocenters. The first-order valence-electron chi connectivity index (χ1n) is 3.70. The topological polar surface area (TPSA) is 52.3 Å². The van der Waals surface area contributed by atoms with Crippen molar-refractivity contribution in [2.24, 2.45) is 5.73 Å². The highest BCUT2D eigenvalue weighted by atomic mass is 35.5. The van der Waals surface area contributed by atoms with Crippen LogP contribution in [0.2, 0.25) is 0 Å². The Morgan fingerprint density at radius 1 is 1.00 bits per heavy atom. The highest BCUT2D eigenvalue weighted by Crippen LogP contribution is 2.19. The van der Waals surface area contributed by atoms with E-state index >= 15 is 0 Å². The van der Waals surface area contributed by atoms with E-state index in [0.717, 1.165) is 0 Å². The van der Waals surface area contributed by atoms with Crippen LogP contribution in [0.15, 0.2) is 45.6 Å². The summed E-state index contributed by atoms with van der Waals surface area (Å²) in [5.41, 5.74) is 5.82. The average Bonchev–Trinajstić information content (AvgIpc) is 2.77. The molecule has 2 rings (SSSR count). The highest BCUT2D eigenvalue weighted by molar-refractivity contribution is 5.85. The van der Waals surface area contributed by atoms with Crippen LogP contribution < -0.4 is 5.73 Å². The van der Waals surface area contributed by atoms with Crippen LogP contribution in [-0.4, -0.2) is 0 Å². The first-order chi connectivity index (χ1) is 5.88. The van der Waals surface area contributed by atoms with Crippen molar-refractivity contribution in [3.63, 3.8) is 0 Å². The molecule has 2 aromatic rings. The molecule has 0 saturated heterocycles. The largest absolute Gasteiger partial charge is 0.467 e. The first kappa shape index (κ1) is 9.89. The summed E-state index contributed by atoms with van der Waals surface area (Å²) in [4.78, 5) is 0. The van der Waals surface area contributed by atoms with Crippen molar-refractivity contribution in [2.75, 3.05) is 0 Å². The molecular weight excluding hydrogens is 190 g/mol. The van der Waals surface area contributed by atoms with Gasteiger partial charge in [-0.3, -0.25) is 0 Å². The number of halogens is 1. The van der Waals surface area contributed by atoms with Crippen molar-refractivity contribution in [2.45, 2.75) is 6.04 Å². The van der Waals surface area contributed by atoms with E-state index in [0.29, 0.717) is 11.5 Å². The normalized spacial score (nSPS) is 10.0. The molecule has 0 fully saturated rings. The number of hydrogen-bond acceptors (Lipinski definition) is 3. The first-order valence-corrected chi connectivity index (χ1v) is 3.70. The predicted molar refractivity (Wildman–Crippen MR) is 50.7 cm³/mol. The summed E-state index contributed by atoms with van der Waals surface area (Å²) in [6.45, 7) is 0. The number of nitrogens with two attached hydrogens (primary N) is 1. The number of rotatable bonds is 2. The minimum absolute atomic E-state index is 0. The van der Waals surface area contributed by atoms with Gasteiger partial charge in [-0.15, -0.1) is 12.4 Å². The molecule has 0 amide bonds. The summed E-state index contributed by atoms with van der Waals surface area (Å²) >= 11 is 0. The van der Waals surface area contributed by atoms with E-state index in [2.05, 4.69) is 0 Å². The average molecular weight is 200 g/mol. The lowest BCUT2D eigenvalue weighted by molar-refractivity contribution is 0.432. The smallest absolute Gasteiger partial charge is 0.128 e. The molecule has 2 heterocycles. The molecule has 0 aliphatic heterocycles. The van der Waals surface area contributed by atoms with Crippen molar-refractivity contribution < 1.29 is 8.83 Å². The zero-order valence-corrected chi connectivity index (χ0v) is 7.66. The molecule has 70 valence electrons. The molecule has 0 aliphatic carbocycles. The van der Waals surface area contributed by atoms with Crippen molar-refractivity contribution in [1.82, 2.24) is 0 Å². The maximum Gasteiger partial charge on any atom is 0.128 e. The SMILES string of the molecule is Cl.NC(c1ccco1)c1ccco1. The van der Waals surface area contributed by atoms with Gasteiger partial charge in [-0.05, 0) is 24.3 Å². The second-order valence-electron chi connectivity index (χ2n) is 2.51. The Morgan fingerprint density at radius 2 is 1.46 bits per heavy atom. The number of furan rings is 2. The molecule has 0 spiro atoms. The van der Waals surface area contributed by atoms with Gasteiger partial charge in [0.15, 0.2) is 0 Å². The third kappa shape index (κ3) is 1.94. The van der Waals surface area contributed by atoms with Gasteiger partial charge in [0.1, 0.15) is 17.6 Å². The van der Waals surface area contributed by atoms with Gasteiger partial charge < -0.3 is 14.6 Å². The maximum absolute atomic E-state index is 5.82. The Labute approximate surface area is 81.9 Å². The Morgan fingerprint density at radius 3 is 1.77 bits per heavy atom. The van der Waals surface area contributed by atoms with Gasteiger partial charge >= 0.3 is 0 Å². The van der Waals surface area contributed by atoms with E-state index in [1.165, 1.54) is 0 Å². The molecule has 13 heavy (non-hydrogen) atoms. The third-order valence-electron chi connectivity index (χ3n) is 1.70. The van der Waals surface area contributed by atoms with E-state index in [-0.39, 0.29) is 18.4 Å². The Balaban J connectivity index is 0.000000845. The Hall–Kier alpha value is -1.19. The van der Waals surface area contributed by atoms with Crippen LogP contribution in [0, 0.1) is 0 Å². The maximum atomic E-state index is 5.82. The van der Waals surface area contributed by atoms with Gasteiger partial charge in [-0.25, -0.2) is 0 Å². The Bertz CT molecular complexity index is 294. The minimum atomic E-state index is -0.296. The zero-order valence-electron chi connectivity index (χ0n) is 6.84. The monoisotopic (exact) mass is 199 g/mol. The van der Waals surface area contributed by atoms with Crippen molar-refractivity contribution in [1.29, 1.82) is 0 Å². The molecule has 3 nitrogen and oxygen atoms in total. The summed E-state index contributed by atoms with van der Waals surface area (Å²) in [7, 11) is 0. The molecule has 0 aromatic carbocycles. The van der Waals surface area contributed by atoms with Gasteiger partial charge in [0.2, 0.25) is 0 Å². The van der Waals surface area contributed by atoms with E-state index < -0.39 is 0 Å². The Kier molecular flexibility index (Phi) is 3.17. The lowest BCUT2D eigenvalue weighted by Crippen LogP contribution is -2.09. The molecule has 4 heteroatoms. The zero-order chi connectivity index (χ0) is 8.39. The molecule has 0 unspecified atom stereocenters. The summed E-state index contributed by atoms with van der Waals surface area (Å²) in [5.74, 6) is 1.43. The lowest BCUT2D eigenvalue weighted by Gasteiger charge is -2.03. The van der Waals surface area contributed by atoms with Gasteiger partial charge in [0.25, 0.3) is 0 Å². The van der Waals surface area contributed by atoms with Crippen molar-refractivity contribution in [3.05, 3.63) is 48.3 Å². The standard InChI is InChI=1S/C9H9NO2.ClH/c10-9(7-3-1-5-11-7)8-4-2-6-12-8;/h1-6,9H,10H2;1H. The van der Waals surface area contributed by atoms with Crippen LogP contribution in [0.5, 0.6) is 0 Å². The molecular formula is C9H10ClNO2. The number of hydrogen-bond donors (Lipinski definition) is 1. The van der Waals surface area contributed by atoms with Crippen LogP contribution in [0.4, 0.5) is 0 Å². The van der Waals surface area contributed by atoms with Gasteiger partial charge in [-0.2, -0.15) is 0 Å². The lowest BCUT2D eigenvalue weighted by atomic mass is 10.2. The second kappa shape index (κ2) is 4.16. The van der Waals surface area contributed by atoms with Crippen LogP contribution in [-0.2, 0) is 0 Å². The molecule has 2 N–H and O–H groups in total. The molecule has 2 aromatic heterocycles. The fourth-order valence-corrected chi connectivity index (χ4v) is 1.08. The van der Waals surface area contributed by atoms with Gasteiger partial charge in [0.05, 0.1) is 12.5 Å². The molecule has 0 bridgehead atoms. The minimum Gasteiger partial charge on any atom is -0.467 e. The van der Waals surface area contributed by atoms with Crippen molar-refractivity contribution >= 4 is 12.4 Å². The van der Waals surface area contributed by atoms with E-state index in [1.54, 1.807) is 24.7 Å². The van der Waals surface area contributed by atoms with E-state index in [4.69, 9.17) is 14.6 Å². The molecule has 0 radical (unpaired) electrons. The predicted octanol–water partition coefficient (Wildman–Crippen LogP) is 2.34. The summed E-state index contributed by atoms with van der Waals surface area (Å²) in [5, 5.41) is 0. The summed E-state index contributed by atoms with van der Waals surface area (Å²) < 4.78 is 10.3. The molecule has 0 saturated carbocycles. The van der Waals surface area contributed by atoms with Crippen LogP contribution in [0.1, 0.15) is 17.6 Å². The van der Waals surface area contributed by atoms with E-state index in [1.807, 2.05) is 12.1 Å².